The summed E-state index contributed by atoms with van der Waals surface area (Å²) < 4.78 is 5.87. The van der Waals surface area contributed by atoms with Gasteiger partial charge < -0.3 is 4.74 Å². The maximum absolute atomic E-state index is 5.87. The molecular formula is C17H20N4O. The molecule has 1 N–H and O–H groups in total. The van der Waals surface area contributed by atoms with Gasteiger partial charge in [0.1, 0.15) is 17.4 Å². The third kappa shape index (κ3) is 3.08. The van der Waals surface area contributed by atoms with Crippen molar-refractivity contribution in [1.29, 1.82) is 0 Å². The molecule has 2 aromatic rings. The maximum atomic E-state index is 5.87. The Balaban J connectivity index is 1.92. The summed E-state index contributed by atoms with van der Waals surface area (Å²) in [7, 11) is 0. The van der Waals surface area contributed by atoms with E-state index in [0.29, 0.717) is 0 Å². The molecule has 0 bridgehead atoms. The number of nitrogens with one attached hydrogen (secondary N) is 1. The summed E-state index contributed by atoms with van der Waals surface area (Å²) in [6.45, 7) is 6.61. The number of hydrogen-bond donors (Lipinski definition) is 1. The molecular weight excluding hydrogens is 276 g/mol. The van der Waals surface area contributed by atoms with Crippen LogP contribution < -0.4 is 10.2 Å². The number of nitrogens with zero attached hydrogens (tertiary/aromatic N) is 3. The molecule has 0 spiro atoms. The van der Waals surface area contributed by atoms with Crippen molar-refractivity contribution in [2.75, 3.05) is 12.0 Å². The van der Waals surface area contributed by atoms with Gasteiger partial charge in [0.05, 0.1) is 12.3 Å². The van der Waals surface area contributed by atoms with Gasteiger partial charge in [-0.25, -0.2) is 9.97 Å². The number of para-hydroxylation sites is 1. The highest BCUT2D eigenvalue weighted by Gasteiger charge is 2.16. The van der Waals surface area contributed by atoms with Crippen LogP contribution in [0.2, 0.25) is 0 Å². The zero-order valence-corrected chi connectivity index (χ0v) is 13.2. The fraction of sp³-hybridized carbons (Fsp3) is 0.353. The van der Waals surface area contributed by atoms with E-state index in [2.05, 4.69) is 39.6 Å². The van der Waals surface area contributed by atoms with E-state index in [1.807, 2.05) is 26.0 Å². The number of rotatable bonds is 2. The first-order valence-corrected chi connectivity index (χ1v) is 7.51. The summed E-state index contributed by atoms with van der Waals surface area (Å²) >= 11 is 0. The third-order valence-corrected chi connectivity index (χ3v) is 3.60. The van der Waals surface area contributed by atoms with Gasteiger partial charge in [0, 0.05) is 17.3 Å². The zero-order chi connectivity index (χ0) is 15.5. The van der Waals surface area contributed by atoms with Crippen molar-refractivity contribution in [2.45, 2.75) is 33.6 Å². The fourth-order valence-corrected chi connectivity index (χ4v) is 2.63. The monoisotopic (exact) mass is 296 g/mol. The van der Waals surface area contributed by atoms with Gasteiger partial charge >= 0.3 is 0 Å². The van der Waals surface area contributed by atoms with Crippen molar-refractivity contribution in [3.05, 3.63) is 46.9 Å². The Kier molecular flexibility index (Phi) is 4.04. The van der Waals surface area contributed by atoms with E-state index in [-0.39, 0.29) is 0 Å². The molecule has 22 heavy (non-hydrogen) atoms. The van der Waals surface area contributed by atoms with Crippen molar-refractivity contribution in [2.24, 2.45) is 5.10 Å². The molecule has 5 nitrogen and oxygen atoms in total. The SMILES string of the molecule is Cc1cc(N/N=C2/CCCOc3c(C)cccc32)nc(C)n1. The largest absolute Gasteiger partial charge is 0.493 e. The minimum atomic E-state index is 0.719. The Labute approximate surface area is 130 Å². The van der Waals surface area contributed by atoms with Crippen molar-refractivity contribution in [1.82, 2.24) is 9.97 Å². The molecule has 5 heteroatoms. The molecule has 0 radical (unpaired) electrons. The van der Waals surface area contributed by atoms with Crippen LogP contribution in [-0.4, -0.2) is 22.3 Å². The van der Waals surface area contributed by atoms with E-state index in [1.54, 1.807) is 0 Å². The fourth-order valence-electron chi connectivity index (χ4n) is 2.63. The van der Waals surface area contributed by atoms with Crippen LogP contribution in [0.25, 0.3) is 0 Å². The summed E-state index contributed by atoms with van der Waals surface area (Å²) in [5.41, 5.74) is 7.20. The molecule has 0 saturated heterocycles. The quantitative estimate of drug-likeness (QED) is 0.863. The molecule has 0 amide bonds. The van der Waals surface area contributed by atoms with Crippen LogP contribution in [0.15, 0.2) is 29.4 Å². The number of fused-ring (bicyclic) bond motifs is 1. The lowest BCUT2D eigenvalue weighted by atomic mass is 10.0. The van der Waals surface area contributed by atoms with E-state index in [4.69, 9.17) is 4.74 Å². The van der Waals surface area contributed by atoms with Crippen LogP contribution in [-0.2, 0) is 0 Å². The maximum Gasteiger partial charge on any atom is 0.150 e. The first-order chi connectivity index (χ1) is 10.6. The van der Waals surface area contributed by atoms with Crippen molar-refractivity contribution >= 4 is 11.5 Å². The first-order valence-electron chi connectivity index (χ1n) is 7.51. The summed E-state index contributed by atoms with van der Waals surface area (Å²) in [6.07, 6.45) is 1.84. The summed E-state index contributed by atoms with van der Waals surface area (Å²) in [5.74, 6) is 2.40. The highest BCUT2D eigenvalue weighted by atomic mass is 16.5. The number of hydrogen-bond acceptors (Lipinski definition) is 5. The normalized spacial score (nSPS) is 15.9. The van der Waals surface area contributed by atoms with E-state index in [1.165, 1.54) is 0 Å². The molecule has 0 fully saturated rings. The van der Waals surface area contributed by atoms with Gasteiger partial charge in [0.15, 0.2) is 0 Å². The van der Waals surface area contributed by atoms with Crippen LogP contribution >= 0.6 is 0 Å². The molecule has 1 aromatic carbocycles. The third-order valence-electron chi connectivity index (χ3n) is 3.60. The van der Waals surface area contributed by atoms with Gasteiger partial charge in [-0.1, -0.05) is 12.1 Å². The van der Waals surface area contributed by atoms with E-state index in [0.717, 1.165) is 59.4 Å². The first kappa shape index (κ1) is 14.5. The second-order valence-corrected chi connectivity index (χ2v) is 5.52. The highest BCUT2D eigenvalue weighted by Crippen LogP contribution is 2.28. The van der Waals surface area contributed by atoms with Gasteiger partial charge in [-0.05, 0) is 45.2 Å². The molecule has 0 unspecified atom stereocenters. The molecule has 2 heterocycles. The summed E-state index contributed by atoms with van der Waals surface area (Å²) in [4.78, 5) is 8.63. The number of anilines is 1. The van der Waals surface area contributed by atoms with Gasteiger partial charge in [0.2, 0.25) is 0 Å². The molecule has 3 rings (SSSR count). The average Bonchev–Trinajstić information content (AvgIpc) is 2.67. The smallest absolute Gasteiger partial charge is 0.150 e. The second-order valence-electron chi connectivity index (χ2n) is 5.52. The van der Waals surface area contributed by atoms with Crippen molar-refractivity contribution in [3.63, 3.8) is 0 Å². The van der Waals surface area contributed by atoms with Crippen LogP contribution in [0.1, 0.15) is 35.5 Å². The molecule has 0 atom stereocenters. The average molecular weight is 296 g/mol. The lowest BCUT2D eigenvalue weighted by molar-refractivity contribution is 0.316. The van der Waals surface area contributed by atoms with Crippen molar-refractivity contribution in [3.8, 4) is 5.75 Å². The Hall–Kier alpha value is -2.43. The Bertz CT molecular complexity index is 704. The number of aromatic nitrogens is 2. The van der Waals surface area contributed by atoms with Crippen LogP contribution in [0.5, 0.6) is 5.75 Å². The molecule has 0 aliphatic carbocycles. The predicted molar refractivity (Wildman–Crippen MR) is 87.6 cm³/mol. The molecule has 1 aliphatic heterocycles. The van der Waals surface area contributed by atoms with Crippen LogP contribution in [0.4, 0.5) is 5.82 Å². The number of ether oxygens (including phenoxy) is 1. The lowest BCUT2D eigenvalue weighted by Gasteiger charge is -2.11. The molecule has 114 valence electrons. The van der Waals surface area contributed by atoms with Gasteiger partial charge in [-0.15, -0.1) is 0 Å². The topological polar surface area (TPSA) is 59.4 Å². The van der Waals surface area contributed by atoms with Gasteiger partial charge in [-0.3, -0.25) is 5.43 Å². The van der Waals surface area contributed by atoms with Crippen molar-refractivity contribution < 1.29 is 4.74 Å². The van der Waals surface area contributed by atoms with Gasteiger partial charge in [-0.2, -0.15) is 5.10 Å². The minimum Gasteiger partial charge on any atom is -0.493 e. The summed E-state index contributed by atoms with van der Waals surface area (Å²) in [5, 5.41) is 4.57. The van der Waals surface area contributed by atoms with E-state index < -0.39 is 0 Å². The summed E-state index contributed by atoms with van der Waals surface area (Å²) in [6, 6.07) is 8.05. The number of hydrazone groups is 1. The molecule has 1 aliphatic rings. The molecule has 1 aromatic heterocycles. The zero-order valence-electron chi connectivity index (χ0n) is 13.2. The number of benzene rings is 1. The van der Waals surface area contributed by atoms with E-state index in [9.17, 15) is 0 Å². The molecule has 0 saturated carbocycles. The van der Waals surface area contributed by atoms with Crippen LogP contribution in [0, 0.1) is 20.8 Å². The predicted octanol–water partition coefficient (Wildman–Crippen LogP) is 3.39. The Morgan fingerprint density at radius 2 is 2.05 bits per heavy atom. The minimum absolute atomic E-state index is 0.719. The number of aryl methyl sites for hydroxylation is 3. The highest BCUT2D eigenvalue weighted by molar-refractivity contribution is 6.03. The van der Waals surface area contributed by atoms with Crippen LogP contribution in [0.3, 0.4) is 0 Å². The lowest BCUT2D eigenvalue weighted by Crippen LogP contribution is -2.06. The van der Waals surface area contributed by atoms with E-state index >= 15 is 0 Å². The second kappa shape index (κ2) is 6.13. The standard InChI is InChI=1S/C17H20N4O/c1-11-6-4-7-14-15(8-5-9-22-17(11)14)20-21-16-10-12(2)18-13(3)19-16/h4,6-7,10H,5,8-9H2,1-3H3,(H,18,19,21)/b20-15-. The Morgan fingerprint density at radius 1 is 1.18 bits per heavy atom. The Morgan fingerprint density at radius 3 is 2.86 bits per heavy atom. The van der Waals surface area contributed by atoms with Gasteiger partial charge in [0.25, 0.3) is 0 Å².